The van der Waals surface area contributed by atoms with Gasteiger partial charge in [-0.3, -0.25) is 14.8 Å². The Morgan fingerprint density at radius 2 is 1.89 bits per heavy atom. The third kappa shape index (κ3) is 7.50. The van der Waals surface area contributed by atoms with Crippen LogP contribution in [0.1, 0.15) is 56.1 Å². The van der Waals surface area contributed by atoms with Crippen molar-refractivity contribution in [1.82, 2.24) is 14.9 Å². The molecule has 1 aromatic carbocycles. The number of carboxylic acids is 1. The SMILES string of the molecule is COc1ccc2nccc(CCC[C@@H]3CCN(CCCCc4ccncc4)C[C@@H]3CCC(=O)O)c2c1. The second kappa shape index (κ2) is 13.4. The molecule has 3 aromatic rings. The molecule has 1 aliphatic rings. The minimum atomic E-state index is -0.680. The van der Waals surface area contributed by atoms with Crippen LogP contribution in [0, 0.1) is 11.8 Å². The number of carbonyl (C=O) groups is 1. The second-order valence-corrected chi connectivity index (χ2v) is 10.1. The molecule has 1 N–H and O–H groups in total. The summed E-state index contributed by atoms with van der Waals surface area (Å²) in [6.07, 6.45) is 14.5. The first-order valence-corrected chi connectivity index (χ1v) is 13.4. The number of aliphatic carboxylic acids is 1. The van der Waals surface area contributed by atoms with E-state index in [1.807, 2.05) is 30.7 Å². The third-order valence-corrected chi connectivity index (χ3v) is 7.70. The van der Waals surface area contributed by atoms with Crippen LogP contribution >= 0.6 is 0 Å². The summed E-state index contributed by atoms with van der Waals surface area (Å²) >= 11 is 0. The van der Waals surface area contributed by atoms with Gasteiger partial charge in [-0.25, -0.2) is 0 Å². The first-order chi connectivity index (χ1) is 17.6. The molecule has 1 saturated heterocycles. The minimum absolute atomic E-state index is 0.270. The van der Waals surface area contributed by atoms with Gasteiger partial charge in [0.1, 0.15) is 5.75 Å². The number of hydrogen-bond acceptors (Lipinski definition) is 5. The van der Waals surface area contributed by atoms with Crippen molar-refractivity contribution in [3.05, 3.63) is 66.1 Å². The zero-order chi connectivity index (χ0) is 25.2. The summed E-state index contributed by atoms with van der Waals surface area (Å²) in [5.74, 6) is 1.24. The number of likely N-dealkylation sites (tertiary alicyclic amines) is 1. The number of benzene rings is 1. The summed E-state index contributed by atoms with van der Waals surface area (Å²) in [4.78, 5) is 22.5. The van der Waals surface area contributed by atoms with Crippen LogP contribution in [0.3, 0.4) is 0 Å². The first-order valence-electron chi connectivity index (χ1n) is 13.4. The maximum atomic E-state index is 11.3. The number of fused-ring (bicyclic) bond motifs is 1. The van der Waals surface area contributed by atoms with Crippen LogP contribution in [0.2, 0.25) is 0 Å². The van der Waals surface area contributed by atoms with Gasteiger partial charge in [-0.2, -0.15) is 0 Å². The minimum Gasteiger partial charge on any atom is -0.497 e. The monoisotopic (exact) mass is 489 g/mol. The number of aryl methyl sites for hydroxylation is 2. The molecule has 0 spiro atoms. The van der Waals surface area contributed by atoms with Crippen LogP contribution < -0.4 is 4.74 Å². The summed E-state index contributed by atoms with van der Waals surface area (Å²) in [7, 11) is 1.70. The molecule has 2 aromatic heterocycles. The quantitative estimate of drug-likeness (QED) is 0.307. The van der Waals surface area contributed by atoms with Crippen molar-refractivity contribution in [3.8, 4) is 5.75 Å². The predicted molar refractivity (Wildman–Crippen MR) is 143 cm³/mol. The lowest BCUT2D eigenvalue weighted by atomic mass is 9.79. The van der Waals surface area contributed by atoms with Crippen LogP contribution in [0.4, 0.5) is 0 Å². The van der Waals surface area contributed by atoms with E-state index in [2.05, 4.69) is 39.1 Å². The number of pyridine rings is 2. The standard InChI is InChI=1S/C30H39N3O3/c1-36-27-9-10-29-28(21-27)25(14-18-32-29)7-4-6-24-15-20-33(22-26(24)8-11-30(34)35)19-3-2-5-23-12-16-31-17-13-23/h9-10,12-14,16-18,21,24,26H,2-8,11,15,19-20,22H2,1H3,(H,34,35)/t24-,26+/m1/s1. The average Bonchev–Trinajstić information content (AvgIpc) is 2.91. The maximum Gasteiger partial charge on any atom is 0.303 e. The van der Waals surface area contributed by atoms with Gasteiger partial charge in [-0.15, -0.1) is 0 Å². The Morgan fingerprint density at radius 3 is 2.69 bits per heavy atom. The number of hydrogen-bond donors (Lipinski definition) is 1. The largest absolute Gasteiger partial charge is 0.497 e. The highest BCUT2D eigenvalue weighted by Crippen LogP contribution is 2.32. The van der Waals surface area contributed by atoms with E-state index in [0.717, 1.165) is 63.0 Å². The van der Waals surface area contributed by atoms with E-state index in [1.54, 1.807) is 7.11 Å². The summed E-state index contributed by atoms with van der Waals surface area (Å²) in [5, 5.41) is 10.5. The molecule has 0 amide bonds. The molecule has 0 unspecified atom stereocenters. The Bertz CT molecular complexity index is 1110. The van der Waals surface area contributed by atoms with E-state index in [-0.39, 0.29) is 6.42 Å². The van der Waals surface area contributed by atoms with Gasteiger partial charge in [0.05, 0.1) is 12.6 Å². The molecule has 0 saturated carbocycles. The van der Waals surface area contributed by atoms with Gasteiger partial charge in [0.25, 0.3) is 0 Å². The molecule has 192 valence electrons. The van der Waals surface area contributed by atoms with E-state index in [9.17, 15) is 9.90 Å². The highest BCUT2D eigenvalue weighted by molar-refractivity contribution is 5.83. The normalized spacial score (nSPS) is 18.4. The van der Waals surface area contributed by atoms with Crippen LogP contribution in [0.15, 0.2) is 55.0 Å². The number of carboxylic acid groups (broad SMARTS) is 1. The molecule has 4 rings (SSSR count). The molecule has 36 heavy (non-hydrogen) atoms. The van der Waals surface area contributed by atoms with Crippen molar-refractivity contribution >= 4 is 16.9 Å². The molecular formula is C30H39N3O3. The molecule has 6 heteroatoms. The Hall–Kier alpha value is -2.99. The van der Waals surface area contributed by atoms with E-state index in [0.29, 0.717) is 11.8 Å². The van der Waals surface area contributed by atoms with E-state index < -0.39 is 5.97 Å². The molecule has 0 radical (unpaired) electrons. The van der Waals surface area contributed by atoms with Gasteiger partial charge < -0.3 is 14.7 Å². The van der Waals surface area contributed by atoms with Gasteiger partial charge in [0, 0.05) is 36.9 Å². The highest BCUT2D eigenvalue weighted by atomic mass is 16.5. The third-order valence-electron chi connectivity index (χ3n) is 7.70. The van der Waals surface area contributed by atoms with Gasteiger partial charge in [-0.1, -0.05) is 0 Å². The molecule has 6 nitrogen and oxygen atoms in total. The second-order valence-electron chi connectivity index (χ2n) is 10.1. The molecule has 2 atom stereocenters. The summed E-state index contributed by atoms with van der Waals surface area (Å²) in [5.41, 5.74) is 3.67. The van der Waals surface area contributed by atoms with Crippen LogP contribution in [-0.2, 0) is 17.6 Å². The molecular weight excluding hydrogens is 450 g/mol. The highest BCUT2D eigenvalue weighted by Gasteiger charge is 2.29. The summed E-state index contributed by atoms with van der Waals surface area (Å²) in [6.45, 7) is 3.26. The fraction of sp³-hybridized carbons (Fsp3) is 0.500. The predicted octanol–water partition coefficient (Wildman–Crippen LogP) is 5.79. The lowest BCUT2D eigenvalue weighted by molar-refractivity contribution is -0.137. The van der Waals surface area contributed by atoms with Crippen LogP contribution in [0.25, 0.3) is 10.9 Å². The fourth-order valence-corrected chi connectivity index (χ4v) is 5.67. The van der Waals surface area contributed by atoms with Gasteiger partial charge >= 0.3 is 5.97 Å². The van der Waals surface area contributed by atoms with Crippen molar-refractivity contribution in [2.24, 2.45) is 11.8 Å². The van der Waals surface area contributed by atoms with Gasteiger partial charge in [-0.05, 0) is 124 Å². The topological polar surface area (TPSA) is 75.5 Å². The number of nitrogens with zero attached hydrogens (tertiary/aromatic N) is 3. The Labute approximate surface area is 214 Å². The lowest BCUT2D eigenvalue weighted by Gasteiger charge is -2.39. The van der Waals surface area contributed by atoms with E-state index >= 15 is 0 Å². The van der Waals surface area contributed by atoms with Crippen molar-refractivity contribution in [2.75, 3.05) is 26.7 Å². The smallest absolute Gasteiger partial charge is 0.303 e. The Balaban J connectivity index is 1.28. The number of ether oxygens (including phenoxy) is 1. The van der Waals surface area contributed by atoms with Crippen molar-refractivity contribution in [2.45, 2.75) is 57.8 Å². The van der Waals surface area contributed by atoms with Crippen LogP contribution in [0.5, 0.6) is 5.75 Å². The Morgan fingerprint density at radius 1 is 1.03 bits per heavy atom. The number of methoxy groups -OCH3 is 1. The molecule has 1 aliphatic heterocycles. The van der Waals surface area contributed by atoms with E-state index in [1.165, 1.54) is 35.8 Å². The zero-order valence-corrected chi connectivity index (χ0v) is 21.4. The maximum absolute atomic E-state index is 11.3. The van der Waals surface area contributed by atoms with E-state index in [4.69, 9.17) is 4.74 Å². The zero-order valence-electron chi connectivity index (χ0n) is 21.4. The lowest BCUT2D eigenvalue weighted by Crippen LogP contribution is -2.41. The molecule has 3 heterocycles. The van der Waals surface area contributed by atoms with Crippen molar-refractivity contribution in [1.29, 1.82) is 0 Å². The average molecular weight is 490 g/mol. The molecule has 0 aliphatic carbocycles. The number of piperidine rings is 1. The van der Waals surface area contributed by atoms with Crippen molar-refractivity contribution < 1.29 is 14.6 Å². The van der Waals surface area contributed by atoms with Gasteiger partial charge in [0.2, 0.25) is 0 Å². The van der Waals surface area contributed by atoms with Crippen LogP contribution in [-0.4, -0.2) is 52.7 Å². The van der Waals surface area contributed by atoms with Crippen molar-refractivity contribution in [3.63, 3.8) is 0 Å². The molecule has 0 bridgehead atoms. The number of unbranched alkanes of at least 4 members (excludes halogenated alkanes) is 1. The fourth-order valence-electron chi connectivity index (χ4n) is 5.67. The Kier molecular flexibility index (Phi) is 9.68. The first kappa shape index (κ1) is 26.1. The summed E-state index contributed by atoms with van der Waals surface area (Å²) in [6, 6.07) is 12.4. The number of aromatic nitrogens is 2. The summed E-state index contributed by atoms with van der Waals surface area (Å²) < 4.78 is 5.42. The number of rotatable bonds is 13. The van der Waals surface area contributed by atoms with Gasteiger partial charge in [0.15, 0.2) is 0 Å². The molecule has 1 fully saturated rings.